The molecule has 0 bridgehead atoms. The van der Waals surface area contributed by atoms with Crippen LogP contribution in [0.4, 0.5) is 35.9 Å². The monoisotopic (exact) mass is 840 g/mol. The van der Waals surface area contributed by atoms with Crippen molar-refractivity contribution in [2.75, 3.05) is 66.3 Å². The van der Waals surface area contributed by atoms with Crippen molar-refractivity contribution in [2.45, 2.75) is 63.3 Å². The molecule has 3 heterocycles. The Morgan fingerprint density at radius 2 is 1.72 bits per heavy atom. The highest BCUT2D eigenvalue weighted by Gasteiger charge is 2.52. The summed E-state index contributed by atoms with van der Waals surface area (Å²) < 4.78 is 47.5. The molecule has 6 rings (SSSR count). The Kier molecular flexibility index (Phi) is 12.8. The number of thiol groups is 1. The zero-order valence-electron chi connectivity index (χ0n) is 32.2. The van der Waals surface area contributed by atoms with Crippen molar-refractivity contribution in [3.05, 3.63) is 76.3 Å². The van der Waals surface area contributed by atoms with E-state index in [0.717, 1.165) is 30.8 Å². The first-order valence-electron chi connectivity index (χ1n) is 18.8. The fraction of sp³-hybridized carbons (Fsp3) is 0.425. The van der Waals surface area contributed by atoms with Crippen LogP contribution in [0.2, 0.25) is 5.02 Å². The van der Waals surface area contributed by atoms with E-state index in [1.165, 1.54) is 11.0 Å². The summed E-state index contributed by atoms with van der Waals surface area (Å²) in [6, 6.07) is 14.8. The number of rotatable bonds is 12. The molecule has 0 spiro atoms. The maximum atomic E-state index is 13.8. The van der Waals surface area contributed by atoms with Crippen molar-refractivity contribution >= 4 is 70.6 Å². The van der Waals surface area contributed by atoms with Crippen molar-refractivity contribution in [1.29, 1.82) is 5.26 Å². The number of alkyl halides is 3. The number of halogens is 4. The number of benzene rings is 3. The molecule has 3 fully saturated rings. The van der Waals surface area contributed by atoms with Gasteiger partial charge in [0.1, 0.15) is 23.9 Å². The lowest BCUT2D eigenvalue weighted by Crippen LogP contribution is -2.49. The molecule has 3 saturated heterocycles. The number of aryl methyl sites for hydroxylation is 1. The average molecular weight is 841 g/mol. The number of anilines is 4. The maximum absolute atomic E-state index is 13.8. The van der Waals surface area contributed by atoms with Crippen LogP contribution < -0.4 is 30.5 Å². The summed E-state index contributed by atoms with van der Waals surface area (Å²) in [5.41, 5.74) is -1.35. The summed E-state index contributed by atoms with van der Waals surface area (Å²) >= 11 is 11.3. The number of carbonyl (C=O) groups is 4. The van der Waals surface area contributed by atoms with Gasteiger partial charge in [-0.2, -0.15) is 18.4 Å². The second kappa shape index (κ2) is 17.5. The van der Waals surface area contributed by atoms with Crippen LogP contribution in [0, 0.1) is 11.3 Å². The lowest BCUT2D eigenvalue weighted by Gasteiger charge is -2.34. The van der Waals surface area contributed by atoms with Gasteiger partial charge in [0.05, 0.1) is 40.1 Å². The van der Waals surface area contributed by atoms with Gasteiger partial charge in [-0.25, -0.2) is 0 Å². The Morgan fingerprint density at radius 3 is 2.40 bits per heavy atom. The zero-order chi connectivity index (χ0) is 41.9. The Bertz CT molecular complexity index is 2120. The lowest BCUT2D eigenvalue weighted by atomic mass is 10.0. The van der Waals surface area contributed by atoms with E-state index in [4.69, 9.17) is 29.0 Å². The molecule has 2 unspecified atom stereocenters. The van der Waals surface area contributed by atoms with Gasteiger partial charge in [0.15, 0.2) is 5.50 Å². The molecule has 3 N–H and O–H groups in total. The Hall–Kier alpha value is -5.02. The summed E-state index contributed by atoms with van der Waals surface area (Å²) in [6.45, 7) is 9.37. The molecule has 58 heavy (non-hydrogen) atoms. The lowest BCUT2D eigenvalue weighted by molar-refractivity contribution is -0.138. The van der Waals surface area contributed by atoms with Crippen LogP contribution in [0.5, 0.6) is 5.75 Å². The van der Waals surface area contributed by atoms with Gasteiger partial charge in [-0.1, -0.05) is 24.6 Å². The molecule has 18 heteroatoms. The summed E-state index contributed by atoms with van der Waals surface area (Å²) in [5, 5.41) is 17.7. The number of hydrogen-bond acceptors (Lipinski definition) is 11. The number of nitrogens with zero attached hydrogens (tertiary/aromatic N) is 5. The summed E-state index contributed by atoms with van der Waals surface area (Å²) in [4.78, 5) is 57.6. The minimum atomic E-state index is -4.78. The highest BCUT2D eigenvalue weighted by atomic mass is 35.5. The fourth-order valence-electron chi connectivity index (χ4n) is 7.37. The smallest absolute Gasteiger partial charge is 0.417 e. The number of hydrogen-bond donors (Lipinski definition) is 4. The van der Waals surface area contributed by atoms with Crippen molar-refractivity contribution < 1.29 is 37.1 Å². The van der Waals surface area contributed by atoms with Crippen molar-refractivity contribution in [2.24, 2.45) is 0 Å². The molecule has 0 aliphatic carbocycles. The molecule has 3 aliphatic heterocycles. The second-order valence-electron chi connectivity index (χ2n) is 14.8. The minimum Gasteiger partial charge on any atom is -0.492 e. The summed E-state index contributed by atoms with van der Waals surface area (Å²) in [6.07, 6.45) is -3.60. The van der Waals surface area contributed by atoms with E-state index in [1.807, 2.05) is 19.1 Å². The molecule has 4 amide bonds. The standard InChI is InChI=1S/C40H44ClF3N8O5S/c1-4-24-20-27(52-38(58)51(37(56)39(52,2)3)26-9-8-25(22-45)28(21-26)40(42,43)44)10-12-32(24)57-19-18-49-14-16-50(17-15-49)23-34(54)47-30-7-5-6-29(35(30)41)46-31-11-13-33(53)48-36(31)55/h5-10,12,20-21,31,38,46,58H,4,11,13-19,23H2,1-3H3,(H,47,54)(H,48,53,55). The van der Waals surface area contributed by atoms with E-state index in [2.05, 4.69) is 25.8 Å². The number of nitriles is 1. The summed E-state index contributed by atoms with van der Waals surface area (Å²) in [5.74, 6) is -0.729. The van der Waals surface area contributed by atoms with Crippen LogP contribution in [0.15, 0.2) is 54.6 Å². The number of piperidine rings is 1. The van der Waals surface area contributed by atoms with Gasteiger partial charge in [-0.3, -0.25) is 39.2 Å². The van der Waals surface area contributed by atoms with E-state index in [0.29, 0.717) is 61.9 Å². The van der Waals surface area contributed by atoms with Crippen LogP contribution in [0.25, 0.3) is 0 Å². The van der Waals surface area contributed by atoms with E-state index in [1.54, 1.807) is 49.1 Å². The van der Waals surface area contributed by atoms with Crippen molar-refractivity contribution in [3.63, 3.8) is 0 Å². The van der Waals surface area contributed by atoms with Crippen molar-refractivity contribution in [1.82, 2.24) is 15.1 Å². The van der Waals surface area contributed by atoms with Gasteiger partial charge in [0.2, 0.25) is 17.7 Å². The Balaban J connectivity index is 1.00. The van der Waals surface area contributed by atoms with E-state index in [9.17, 15) is 37.6 Å². The second-order valence-corrected chi connectivity index (χ2v) is 15.6. The van der Waals surface area contributed by atoms with Gasteiger partial charge >= 0.3 is 6.18 Å². The van der Waals surface area contributed by atoms with Gasteiger partial charge in [-0.05, 0) is 80.8 Å². The normalized spacial score (nSPS) is 20.2. The molecule has 0 radical (unpaired) electrons. The van der Waals surface area contributed by atoms with Gasteiger partial charge < -0.3 is 20.3 Å². The average Bonchev–Trinajstić information content (AvgIpc) is 3.36. The first kappa shape index (κ1) is 42.6. The highest BCUT2D eigenvalue weighted by molar-refractivity contribution is 7.81. The molecule has 0 saturated carbocycles. The fourth-order valence-corrected chi connectivity index (χ4v) is 8.26. The van der Waals surface area contributed by atoms with Crippen LogP contribution in [-0.2, 0) is 31.8 Å². The number of nitrogens with one attached hydrogen (secondary N) is 3. The largest absolute Gasteiger partial charge is 0.492 e. The van der Waals surface area contributed by atoms with Gasteiger partial charge in [-0.15, -0.1) is 12.6 Å². The first-order valence-corrected chi connectivity index (χ1v) is 19.7. The number of piperazine rings is 1. The molecule has 3 aromatic carbocycles. The Labute approximate surface area is 344 Å². The highest BCUT2D eigenvalue weighted by Crippen LogP contribution is 2.43. The third-order valence-electron chi connectivity index (χ3n) is 10.6. The third-order valence-corrected chi connectivity index (χ3v) is 11.4. The topological polar surface area (TPSA) is 150 Å². The van der Waals surface area contributed by atoms with E-state index >= 15 is 0 Å². The zero-order valence-corrected chi connectivity index (χ0v) is 33.8. The molecular weight excluding hydrogens is 797 g/mol. The van der Waals surface area contributed by atoms with Crippen LogP contribution >= 0.6 is 24.2 Å². The van der Waals surface area contributed by atoms with Crippen LogP contribution in [-0.4, -0.2) is 96.4 Å². The quantitative estimate of drug-likeness (QED) is 0.136. The SMILES string of the molecule is CCc1cc(N2C(S)N(c3ccc(C#N)c(C(F)(F)F)c3)C(=O)C2(C)C)ccc1OCCN1CCN(CC(=O)Nc2cccc(NC3CCC(=O)NC3=O)c2Cl)CC1. The molecule has 308 valence electrons. The summed E-state index contributed by atoms with van der Waals surface area (Å²) in [7, 11) is 0. The van der Waals surface area contributed by atoms with Crippen LogP contribution in [0.3, 0.4) is 0 Å². The van der Waals surface area contributed by atoms with Gasteiger partial charge in [0.25, 0.3) is 5.91 Å². The van der Waals surface area contributed by atoms with Gasteiger partial charge in [0, 0.05) is 50.5 Å². The molecule has 3 aromatic rings. The molecule has 3 aliphatic rings. The number of imide groups is 1. The number of ether oxygens (including phenoxy) is 1. The predicted molar refractivity (Wildman–Crippen MR) is 217 cm³/mol. The minimum absolute atomic E-state index is 0.0135. The third kappa shape index (κ3) is 9.15. The van der Waals surface area contributed by atoms with E-state index < -0.39 is 46.2 Å². The molecule has 0 aromatic heterocycles. The van der Waals surface area contributed by atoms with Crippen molar-refractivity contribution in [3.8, 4) is 11.8 Å². The molecule has 13 nitrogen and oxygen atoms in total. The number of carbonyl (C=O) groups excluding carboxylic acids is 4. The van der Waals surface area contributed by atoms with E-state index in [-0.39, 0.29) is 35.5 Å². The molecular formula is C40H44ClF3N8O5S. The molecule has 2 atom stereocenters. The maximum Gasteiger partial charge on any atom is 0.417 e. The Morgan fingerprint density at radius 1 is 1.03 bits per heavy atom. The first-order chi connectivity index (χ1) is 27.5. The predicted octanol–water partition coefficient (Wildman–Crippen LogP) is 5.49. The van der Waals surface area contributed by atoms with Crippen LogP contribution in [0.1, 0.15) is 50.3 Å². The number of amides is 4.